The van der Waals surface area contributed by atoms with Gasteiger partial charge in [0, 0.05) is 14.1 Å². The second-order valence-electron chi connectivity index (χ2n) is 5.92. The Kier molecular flexibility index (Phi) is 5.78. The van der Waals surface area contributed by atoms with Gasteiger partial charge in [-0.1, -0.05) is 0 Å². The highest BCUT2D eigenvalue weighted by Crippen LogP contribution is 2.05. The van der Waals surface area contributed by atoms with E-state index in [1.807, 2.05) is 0 Å². The van der Waals surface area contributed by atoms with Crippen LogP contribution in [0, 0.1) is 0 Å². The number of nitrogens with two attached hydrogens (primary N) is 1. The minimum atomic E-state index is -0.758. The van der Waals surface area contributed by atoms with Gasteiger partial charge < -0.3 is 15.5 Å². The molecule has 0 radical (unpaired) electrons. The fraction of sp³-hybridized carbons (Fsp3) is 0.375. The van der Waals surface area contributed by atoms with E-state index >= 15 is 0 Å². The maximum absolute atomic E-state index is 12.4. The van der Waals surface area contributed by atoms with E-state index in [0.29, 0.717) is 5.76 Å². The van der Waals surface area contributed by atoms with E-state index in [1.54, 1.807) is 19.2 Å². The summed E-state index contributed by atoms with van der Waals surface area (Å²) in [5.74, 6) is -0.463. The maximum Gasteiger partial charge on any atom is 0.332 e. The van der Waals surface area contributed by atoms with Crippen molar-refractivity contribution in [3.05, 3.63) is 50.6 Å². The highest BCUT2D eigenvalue weighted by molar-refractivity contribution is 6.01. The summed E-state index contributed by atoms with van der Waals surface area (Å²) in [6.45, 7) is -0.0217. The molecule has 0 bridgehead atoms. The molecule has 0 unspecified atom stereocenters. The smallest absolute Gasteiger partial charge is 0.332 e. The number of carbonyl (C=O) groups excluding carboxylic acids is 2. The van der Waals surface area contributed by atoms with E-state index in [2.05, 4.69) is 5.32 Å². The van der Waals surface area contributed by atoms with Crippen molar-refractivity contribution < 1.29 is 14.0 Å². The average Bonchev–Trinajstić information content (AvgIpc) is 3.10. The van der Waals surface area contributed by atoms with E-state index in [9.17, 15) is 19.2 Å². The molecule has 2 heterocycles. The molecule has 1 amide bonds. The zero-order valence-corrected chi connectivity index (χ0v) is 14.8. The number of carbonyl (C=O) groups is 2. The van der Waals surface area contributed by atoms with Crippen molar-refractivity contribution in [1.29, 1.82) is 0 Å². The zero-order valence-electron chi connectivity index (χ0n) is 14.8. The third-order valence-electron chi connectivity index (χ3n) is 3.86. The van der Waals surface area contributed by atoms with Crippen molar-refractivity contribution in [2.24, 2.45) is 14.1 Å². The van der Waals surface area contributed by atoms with Gasteiger partial charge in [0.05, 0.1) is 25.9 Å². The summed E-state index contributed by atoms with van der Waals surface area (Å²) in [5.41, 5.74) is 4.11. The number of furan rings is 1. The molecule has 0 aliphatic carbocycles. The van der Waals surface area contributed by atoms with Crippen LogP contribution in [0.25, 0.3) is 0 Å². The molecule has 0 saturated heterocycles. The summed E-state index contributed by atoms with van der Waals surface area (Å²) in [6, 6.07) is 3.44. The van der Waals surface area contributed by atoms with Gasteiger partial charge in [0.25, 0.3) is 5.56 Å². The number of hydrogen-bond acceptors (Lipinski definition) is 7. The SMILES string of the molecule is CN(CC(=O)NCc1ccco1)CC(=O)c1c(N)n(C)c(=O)n(C)c1=O. The van der Waals surface area contributed by atoms with Gasteiger partial charge in [0.2, 0.25) is 5.91 Å². The van der Waals surface area contributed by atoms with Crippen molar-refractivity contribution in [1.82, 2.24) is 19.4 Å². The van der Waals surface area contributed by atoms with E-state index in [0.717, 1.165) is 9.13 Å². The Labute approximate surface area is 148 Å². The highest BCUT2D eigenvalue weighted by Gasteiger charge is 2.21. The Morgan fingerprint density at radius 2 is 1.92 bits per heavy atom. The van der Waals surface area contributed by atoms with E-state index in [-0.39, 0.29) is 36.9 Å². The molecule has 0 aliphatic rings. The number of amides is 1. The van der Waals surface area contributed by atoms with Gasteiger partial charge >= 0.3 is 5.69 Å². The topological polar surface area (TPSA) is 133 Å². The van der Waals surface area contributed by atoms with Crippen molar-refractivity contribution in [3.63, 3.8) is 0 Å². The third-order valence-corrected chi connectivity index (χ3v) is 3.86. The van der Waals surface area contributed by atoms with Crippen LogP contribution in [0.1, 0.15) is 16.1 Å². The minimum Gasteiger partial charge on any atom is -0.467 e. The lowest BCUT2D eigenvalue weighted by atomic mass is 10.2. The number of rotatable bonds is 7. The Bertz CT molecular complexity index is 926. The van der Waals surface area contributed by atoms with Gasteiger partial charge in [-0.25, -0.2) is 4.79 Å². The van der Waals surface area contributed by atoms with Crippen LogP contribution in [-0.2, 0) is 25.4 Å². The van der Waals surface area contributed by atoms with Gasteiger partial charge in [0.15, 0.2) is 5.78 Å². The predicted molar refractivity (Wildman–Crippen MR) is 93.7 cm³/mol. The highest BCUT2D eigenvalue weighted by atomic mass is 16.3. The van der Waals surface area contributed by atoms with E-state index in [1.165, 1.54) is 25.3 Å². The molecule has 140 valence electrons. The van der Waals surface area contributed by atoms with Crippen molar-refractivity contribution in [2.75, 3.05) is 25.9 Å². The van der Waals surface area contributed by atoms with Crippen molar-refractivity contribution in [2.45, 2.75) is 6.54 Å². The molecule has 0 saturated carbocycles. The van der Waals surface area contributed by atoms with Crippen LogP contribution in [-0.4, -0.2) is 45.9 Å². The third kappa shape index (κ3) is 4.09. The molecular weight excluding hydrogens is 342 g/mol. The molecule has 3 N–H and O–H groups in total. The summed E-state index contributed by atoms with van der Waals surface area (Å²) in [5, 5.41) is 2.66. The first-order chi connectivity index (χ1) is 12.2. The molecule has 0 aromatic carbocycles. The summed E-state index contributed by atoms with van der Waals surface area (Å²) in [6.07, 6.45) is 1.50. The fourth-order valence-corrected chi connectivity index (χ4v) is 2.40. The number of nitrogen functional groups attached to an aromatic ring is 1. The molecule has 2 aromatic heterocycles. The quantitative estimate of drug-likeness (QED) is 0.584. The van der Waals surface area contributed by atoms with E-state index in [4.69, 9.17) is 10.2 Å². The van der Waals surface area contributed by atoms with Crippen LogP contribution >= 0.6 is 0 Å². The molecule has 2 aromatic rings. The number of Topliss-reactive ketones (excluding diaryl/α,β-unsaturated/α-hetero) is 1. The van der Waals surface area contributed by atoms with Crippen LogP contribution in [0.5, 0.6) is 0 Å². The average molecular weight is 363 g/mol. The number of likely N-dealkylation sites (N-methyl/N-ethyl adjacent to an activating group) is 1. The second kappa shape index (κ2) is 7.83. The van der Waals surface area contributed by atoms with Gasteiger partial charge in [0.1, 0.15) is 17.1 Å². The van der Waals surface area contributed by atoms with Gasteiger partial charge in [-0.3, -0.25) is 28.4 Å². The minimum absolute atomic E-state index is 0.0571. The van der Waals surface area contributed by atoms with Crippen molar-refractivity contribution >= 4 is 17.5 Å². The fourth-order valence-electron chi connectivity index (χ4n) is 2.40. The van der Waals surface area contributed by atoms with Crippen LogP contribution in [0.15, 0.2) is 32.4 Å². The number of ketones is 1. The molecule has 10 heteroatoms. The van der Waals surface area contributed by atoms with Crippen LogP contribution in [0.4, 0.5) is 5.82 Å². The monoisotopic (exact) mass is 363 g/mol. The predicted octanol–water partition coefficient (Wildman–Crippen LogP) is -1.31. The molecule has 2 rings (SSSR count). The largest absolute Gasteiger partial charge is 0.467 e. The summed E-state index contributed by atoms with van der Waals surface area (Å²) in [7, 11) is 4.21. The molecular formula is C16H21N5O5. The Balaban J connectivity index is 2.02. The molecule has 0 atom stereocenters. The number of aromatic nitrogens is 2. The normalized spacial score (nSPS) is 10.9. The molecule has 10 nitrogen and oxygen atoms in total. The van der Waals surface area contributed by atoms with Gasteiger partial charge in [-0.05, 0) is 19.2 Å². The number of nitrogens with one attached hydrogen (secondary N) is 1. The summed E-state index contributed by atoms with van der Waals surface area (Å²) >= 11 is 0. The summed E-state index contributed by atoms with van der Waals surface area (Å²) in [4.78, 5) is 49.8. The van der Waals surface area contributed by atoms with Gasteiger partial charge in [-0.2, -0.15) is 0 Å². The maximum atomic E-state index is 12.4. The molecule has 0 aliphatic heterocycles. The standard InChI is InChI=1S/C16H21N5O5/c1-19(9-12(23)18-7-10-5-4-6-26-10)8-11(22)13-14(17)20(2)16(25)21(3)15(13)24/h4-6H,7-9,17H2,1-3H3,(H,18,23). The van der Waals surface area contributed by atoms with Gasteiger partial charge in [-0.15, -0.1) is 0 Å². The molecule has 0 spiro atoms. The molecule has 26 heavy (non-hydrogen) atoms. The number of hydrogen-bond donors (Lipinski definition) is 2. The van der Waals surface area contributed by atoms with Crippen LogP contribution in [0.3, 0.4) is 0 Å². The Hall–Kier alpha value is -3.14. The Morgan fingerprint density at radius 1 is 1.23 bits per heavy atom. The lowest BCUT2D eigenvalue weighted by Crippen LogP contribution is -2.44. The second-order valence-corrected chi connectivity index (χ2v) is 5.92. The Morgan fingerprint density at radius 3 is 2.54 bits per heavy atom. The first kappa shape index (κ1) is 19.2. The lowest BCUT2D eigenvalue weighted by Gasteiger charge is -2.16. The summed E-state index contributed by atoms with van der Waals surface area (Å²) < 4.78 is 6.96. The van der Waals surface area contributed by atoms with Crippen LogP contribution in [0.2, 0.25) is 0 Å². The molecule has 0 fully saturated rings. The first-order valence-corrected chi connectivity index (χ1v) is 7.78. The van der Waals surface area contributed by atoms with E-state index < -0.39 is 17.0 Å². The zero-order chi connectivity index (χ0) is 19.4. The lowest BCUT2D eigenvalue weighted by molar-refractivity contribution is -0.122. The first-order valence-electron chi connectivity index (χ1n) is 7.78. The van der Waals surface area contributed by atoms with Crippen molar-refractivity contribution in [3.8, 4) is 0 Å². The number of anilines is 1. The van der Waals surface area contributed by atoms with Crippen LogP contribution < -0.4 is 22.3 Å². The number of nitrogens with zero attached hydrogens (tertiary/aromatic N) is 3.